The van der Waals surface area contributed by atoms with E-state index < -0.39 is 5.97 Å². The van der Waals surface area contributed by atoms with Gasteiger partial charge in [-0.05, 0) is 25.1 Å². The molecule has 19 heavy (non-hydrogen) atoms. The number of rotatable bonds is 3. The van der Waals surface area contributed by atoms with Crippen LogP contribution < -0.4 is 9.47 Å². The van der Waals surface area contributed by atoms with E-state index in [0.29, 0.717) is 33.7 Å². The van der Waals surface area contributed by atoms with Crippen LogP contribution >= 0.6 is 0 Å². The lowest BCUT2D eigenvalue weighted by Gasteiger charge is -2.12. The maximum atomic E-state index is 11.9. The number of fused-ring (bicyclic) bond motifs is 1. The first-order valence-electron chi connectivity index (χ1n) is 5.73. The van der Waals surface area contributed by atoms with Gasteiger partial charge in [-0.15, -0.1) is 0 Å². The monoisotopic (exact) mass is 261 g/mol. The Bertz CT molecular complexity index is 637. The molecule has 0 unspecified atom stereocenters. The summed E-state index contributed by atoms with van der Waals surface area (Å²) in [6, 6.07) is 5.18. The summed E-state index contributed by atoms with van der Waals surface area (Å²) >= 11 is 0. The summed E-state index contributed by atoms with van der Waals surface area (Å²) in [5.74, 6) is 0.718. The molecule has 5 heteroatoms. The van der Waals surface area contributed by atoms with Gasteiger partial charge in [0.1, 0.15) is 17.0 Å². The molecule has 0 bridgehead atoms. The molecule has 2 rings (SSSR count). The molecule has 0 atom stereocenters. The number of hydrogen-bond donors (Lipinski definition) is 0. The number of pyridine rings is 1. The molecule has 1 heterocycles. The van der Waals surface area contributed by atoms with Crippen molar-refractivity contribution < 1.29 is 19.0 Å². The zero-order valence-electron chi connectivity index (χ0n) is 11.3. The number of esters is 1. The molecule has 0 fully saturated rings. The van der Waals surface area contributed by atoms with Gasteiger partial charge in [-0.1, -0.05) is 0 Å². The second kappa shape index (κ2) is 5.14. The van der Waals surface area contributed by atoms with Crippen molar-refractivity contribution >= 4 is 16.9 Å². The largest absolute Gasteiger partial charge is 0.496 e. The van der Waals surface area contributed by atoms with Gasteiger partial charge in [-0.2, -0.15) is 0 Å². The van der Waals surface area contributed by atoms with Crippen LogP contribution in [0.5, 0.6) is 11.5 Å². The lowest BCUT2D eigenvalue weighted by molar-refractivity contribution is 0.0602. The maximum Gasteiger partial charge on any atom is 0.338 e. The number of ether oxygens (including phenoxy) is 3. The Balaban J connectivity index is 2.91. The molecule has 0 saturated heterocycles. The zero-order chi connectivity index (χ0) is 14.0. The fourth-order valence-electron chi connectivity index (χ4n) is 2.02. The summed E-state index contributed by atoms with van der Waals surface area (Å²) in [6.45, 7) is 1.81. The fraction of sp³-hybridized carbons (Fsp3) is 0.286. The van der Waals surface area contributed by atoms with E-state index in [-0.39, 0.29) is 0 Å². The number of carbonyl (C=O) groups is 1. The molecule has 0 spiro atoms. The molecule has 0 aliphatic heterocycles. The average molecular weight is 261 g/mol. The Labute approximate surface area is 111 Å². The predicted molar refractivity (Wildman–Crippen MR) is 70.9 cm³/mol. The second-order valence-electron chi connectivity index (χ2n) is 4.00. The predicted octanol–water partition coefficient (Wildman–Crippen LogP) is 2.35. The van der Waals surface area contributed by atoms with Crippen molar-refractivity contribution in [1.82, 2.24) is 4.98 Å². The third-order valence-electron chi connectivity index (χ3n) is 2.86. The number of benzene rings is 1. The van der Waals surface area contributed by atoms with Crippen LogP contribution in [0.2, 0.25) is 0 Å². The molecule has 0 amide bonds. The van der Waals surface area contributed by atoms with Crippen molar-refractivity contribution in [3.63, 3.8) is 0 Å². The number of carbonyl (C=O) groups excluding carboxylic acids is 1. The summed E-state index contributed by atoms with van der Waals surface area (Å²) in [5, 5.41) is 0.597. The van der Waals surface area contributed by atoms with Crippen LogP contribution in [0.25, 0.3) is 10.9 Å². The van der Waals surface area contributed by atoms with Gasteiger partial charge >= 0.3 is 5.97 Å². The minimum Gasteiger partial charge on any atom is -0.496 e. The van der Waals surface area contributed by atoms with Crippen LogP contribution in [-0.2, 0) is 4.74 Å². The van der Waals surface area contributed by atoms with Gasteiger partial charge in [0.15, 0.2) is 0 Å². The van der Waals surface area contributed by atoms with Crippen molar-refractivity contribution in [3.8, 4) is 11.5 Å². The van der Waals surface area contributed by atoms with E-state index in [1.165, 1.54) is 7.11 Å². The molecular weight excluding hydrogens is 246 g/mol. The van der Waals surface area contributed by atoms with Gasteiger partial charge in [0.25, 0.3) is 0 Å². The van der Waals surface area contributed by atoms with Crippen LogP contribution in [-0.4, -0.2) is 32.3 Å². The molecule has 0 aliphatic carbocycles. The van der Waals surface area contributed by atoms with Crippen LogP contribution in [0.1, 0.15) is 16.1 Å². The SMILES string of the molecule is COC(=O)c1cc(C)nc2c(OC)ccc(OC)c12. The Kier molecular flexibility index (Phi) is 3.55. The number of nitrogens with zero attached hydrogens (tertiary/aromatic N) is 1. The van der Waals surface area contributed by atoms with Crippen molar-refractivity contribution in [3.05, 3.63) is 29.5 Å². The molecule has 100 valence electrons. The van der Waals surface area contributed by atoms with Crippen molar-refractivity contribution in [2.75, 3.05) is 21.3 Å². The minimum atomic E-state index is -0.429. The van der Waals surface area contributed by atoms with E-state index in [9.17, 15) is 4.79 Å². The molecule has 0 saturated carbocycles. The average Bonchev–Trinajstić information content (AvgIpc) is 2.44. The number of hydrogen-bond acceptors (Lipinski definition) is 5. The molecule has 0 N–H and O–H groups in total. The standard InChI is InChI=1S/C14H15NO4/c1-8-7-9(14(16)19-4)12-10(17-2)5-6-11(18-3)13(12)15-8/h5-7H,1-4H3. The first-order chi connectivity index (χ1) is 9.12. The Morgan fingerprint density at radius 2 is 1.74 bits per heavy atom. The Morgan fingerprint density at radius 1 is 1.11 bits per heavy atom. The summed E-state index contributed by atoms with van der Waals surface area (Å²) in [5.41, 5.74) is 1.71. The third-order valence-corrected chi connectivity index (χ3v) is 2.86. The van der Waals surface area contributed by atoms with Crippen molar-refractivity contribution in [2.45, 2.75) is 6.92 Å². The van der Waals surface area contributed by atoms with Crippen molar-refractivity contribution in [1.29, 1.82) is 0 Å². The van der Waals surface area contributed by atoms with E-state index >= 15 is 0 Å². The minimum absolute atomic E-state index is 0.417. The highest BCUT2D eigenvalue weighted by Crippen LogP contribution is 2.34. The summed E-state index contributed by atoms with van der Waals surface area (Å²) in [7, 11) is 4.45. The van der Waals surface area contributed by atoms with Crippen LogP contribution in [0.3, 0.4) is 0 Å². The molecule has 0 aliphatic rings. The van der Waals surface area contributed by atoms with Crippen molar-refractivity contribution in [2.24, 2.45) is 0 Å². The number of methoxy groups -OCH3 is 3. The summed E-state index contributed by atoms with van der Waals surface area (Å²) in [4.78, 5) is 16.3. The molecular formula is C14H15NO4. The number of aromatic nitrogens is 1. The first kappa shape index (κ1) is 13.1. The van der Waals surface area contributed by atoms with Gasteiger partial charge < -0.3 is 14.2 Å². The topological polar surface area (TPSA) is 57.7 Å². The second-order valence-corrected chi connectivity index (χ2v) is 4.00. The molecule has 2 aromatic rings. The van der Waals surface area contributed by atoms with Gasteiger partial charge in [-0.3, -0.25) is 0 Å². The van der Waals surface area contributed by atoms with Crippen LogP contribution in [0, 0.1) is 6.92 Å². The highest BCUT2D eigenvalue weighted by molar-refractivity contribution is 6.07. The summed E-state index contributed by atoms with van der Waals surface area (Å²) < 4.78 is 15.4. The van der Waals surface area contributed by atoms with Gasteiger partial charge in [0.05, 0.1) is 32.3 Å². The molecule has 1 aromatic carbocycles. The molecule has 1 aromatic heterocycles. The van der Waals surface area contributed by atoms with E-state index in [2.05, 4.69) is 4.98 Å². The zero-order valence-corrected chi connectivity index (χ0v) is 11.3. The number of aryl methyl sites for hydroxylation is 1. The Morgan fingerprint density at radius 3 is 2.32 bits per heavy atom. The van der Waals surface area contributed by atoms with Gasteiger partial charge in [-0.25, -0.2) is 9.78 Å². The van der Waals surface area contributed by atoms with Gasteiger partial charge in [0, 0.05) is 5.69 Å². The molecule has 0 radical (unpaired) electrons. The first-order valence-corrected chi connectivity index (χ1v) is 5.73. The lowest BCUT2D eigenvalue weighted by Crippen LogP contribution is -2.05. The maximum absolute atomic E-state index is 11.9. The van der Waals surface area contributed by atoms with E-state index in [4.69, 9.17) is 14.2 Å². The van der Waals surface area contributed by atoms with E-state index in [1.807, 2.05) is 6.92 Å². The Hall–Kier alpha value is -2.30. The highest BCUT2D eigenvalue weighted by atomic mass is 16.5. The summed E-state index contributed by atoms with van der Waals surface area (Å²) in [6.07, 6.45) is 0. The van der Waals surface area contributed by atoms with Crippen LogP contribution in [0.15, 0.2) is 18.2 Å². The van der Waals surface area contributed by atoms with E-state index in [1.54, 1.807) is 32.4 Å². The highest BCUT2D eigenvalue weighted by Gasteiger charge is 2.18. The van der Waals surface area contributed by atoms with E-state index in [0.717, 1.165) is 0 Å². The fourth-order valence-corrected chi connectivity index (χ4v) is 2.02. The third kappa shape index (κ3) is 2.19. The van der Waals surface area contributed by atoms with Gasteiger partial charge in [0.2, 0.25) is 0 Å². The smallest absolute Gasteiger partial charge is 0.338 e. The quantitative estimate of drug-likeness (QED) is 0.794. The molecule has 5 nitrogen and oxygen atoms in total. The normalized spacial score (nSPS) is 10.3. The van der Waals surface area contributed by atoms with Crippen LogP contribution in [0.4, 0.5) is 0 Å². The lowest BCUT2D eigenvalue weighted by atomic mass is 10.1.